The molecular formula is C13H14F3NO3. The van der Waals surface area contributed by atoms with Crippen LogP contribution in [0.5, 0.6) is 0 Å². The molecule has 0 aliphatic carbocycles. The molecule has 1 rings (SSSR count). The van der Waals surface area contributed by atoms with Crippen LogP contribution in [0.2, 0.25) is 0 Å². The van der Waals surface area contributed by atoms with Gasteiger partial charge < -0.3 is 10.1 Å². The molecule has 7 heteroatoms. The van der Waals surface area contributed by atoms with Gasteiger partial charge in [0.2, 0.25) is 0 Å². The van der Waals surface area contributed by atoms with Crippen LogP contribution in [-0.4, -0.2) is 24.6 Å². The third-order valence-corrected chi connectivity index (χ3v) is 2.33. The third-order valence-electron chi connectivity index (χ3n) is 2.33. The van der Waals surface area contributed by atoms with Gasteiger partial charge in [-0.3, -0.25) is 4.79 Å². The van der Waals surface area contributed by atoms with E-state index in [1.165, 1.54) is 0 Å². The van der Waals surface area contributed by atoms with E-state index in [2.05, 4.69) is 5.32 Å². The number of hydrogen-bond acceptors (Lipinski definition) is 3. The zero-order valence-electron chi connectivity index (χ0n) is 10.6. The number of alkyl halides is 3. The number of carbonyl (C=O) groups excluding carboxylic acids is 2. The first-order chi connectivity index (χ1) is 9.37. The summed E-state index contributed by atoms with van der Waals surface area (Å²) >= 11 is 0. The lowest BCUT2D eigenvalue weighted by molar-refractivity contribution is -0.142. The van der Waals surface area contributed by atoms with Crippen LogP contribution in [0.25, 0.3) is 0 Å². The molecule has 0 bridgehead atoms. The first-order valence-electron chi connectivity index (χ1n) is 5.90. The molecule has 0 saturated carbocycles. The molecule has 0 aromatic heterocycles. The molecule has 0 spiro atoms. The molecule has 20 heavy (non-hydrogen) atoms. The van der Waals surface area contributed by atoms with Gasteiger partial charge in [0.25, 0.3) is 0 Å². The highest BCUT2D eigenvalue weighted by Crippen LogP contribution is 2.21. The maximum absolute atomic E-state index is 11.9. The predicted molar refractivity (Wildman–Crippen MR) is 64.9 cm³/mol. The Morgan fingerprint density at radius 3 is 2.40 bits per heavy atom. The van der Waals surface area contributed by atoms with Gasteiger partial charge in [-0.25, -0.2) is 4.79 Å². The molecule has 0 unspecified atom stereocenters. The summed E-state index contributed by atoms with van der Waals surface area (Å²) in [4.78, 5) is 22.3. The second-order valence-electron chi connectivity index (χ2n) is 4.07. The number of Topliss-reactive ketones (excluding diaryl/α,β-unsaturated/α-hetero) is 1. The van der Waals surface area contributed by atoms with Crippen LogP contribution in [0.3, 0.4) is 0 Å². The number of ketones is 1. The van der Waals surface area contributed by atoms with Crippen LogP contribution in [0.1, 0.15) is 18.4 Å². The summed E-state index contributed by atoms with van der Waals surface area (Å²) in [6, 6.07) is 8.86. The van der Waals surface area contributed by atoms with E-state index >= 15 is 0 Å². The van der Waals surface area contributed by atoms with Crippen molar-refractivity contribution in [2.45, 2.75) is 25.6 Å². The van der Waals surface area contributed by atoms with Crippen LogP contribution < -0.4 is 5.32 Å². The fraction of sp³-hybridized carbons (Fsp3) is 0.385. The molecule has 4 nitrogen and oxygen atoms in total. The van der Waals surface area contributed by atoms with E-state index in [4.69, 9.17) is 4.74 Å². The first-order valence-corrected chi connectivity index (χ1v) is 5.90. The normalized spacial score (nSPS) is 10.9. The monoisotopic (exact) mass is 289 g/mol. The summed E-state index contributed by atoms with van der Waals surface area (Å²) in [6.45, 7) is -0.437. The topological polar surface area (TPSA) is 55.4 Å². The number of amides is 1. The van der Waals surface area contributed by atoms with Crippen LogP contribution in [0.15, 0.2) is 30.3 Å². The van der Waals surface area contributed by atoms with Crippen molar-refractivity contribution in [3.05, 3.63) is 35.9 Å². The Bertz CT molecular complexity index is 446. The van der Waals surface area contributed by atoms with Crippen LogP contribution >= 0.6 is 0 Å². The lowest BCUT2D eigenvalue weighted by atomic mass is 10.2. The zero-order chi connectivity index (χ0) is 15.0. The molecule has 0 aliphatic heterocycles. The van der Waals surface area contributed by atoms with Gasteiger partial charge in [0.1, 0.15) is 6.61 Å². The number of nitrogens with one attached hydrogen (secondary N) is 1. The predicted octanol–water partition coefficient (Wildman–Crippen LogP) is 2.82. The Morgan fingerprint density at radius 2 is 1.80 bits per heavy atom. The highest BCUT2D eigenvalue weighted by Gasteiger charge is 2.27. The molecular weight excluding hydrogens is 275 g/mol. The second kappa shape index (κ2) is 7.52. The van der Waals surface area contributed by atoms with Crippen molar-refractivity contribution >= 4 is 11.9 Å². The standard InChI is InChI=1S/C13H14F3NO3/c14-13(15,16)7-6-11(18)8-17-12(19)20-9-10-4-2-1-3-5-10/h1-5H,6-9H2,(H,17,19). The van der Waals surface area contributed by atoms with E-state index in [1.54, 1.807) is 24.3 Å². The van der Waals surface area contributed by atoms with E-state index in [1.807, 2.05) is 6.07 Å². The number of alkyl carbamates (subject to hydrolysis) is 1. The fourth-order valence-corrected chi connectivity index (χ4v) is 1.31. The van der Waals surface area contributed by atoms with Gasteiger partial charge in [-0.15, -0.1) is 0 Å². The lowest BCUT2D eigenvalue weighted by Crippen LogP contribution is -2.30. The lowest BCUT2D eigenvalue weighted by Gasteiger charge is -2.07. The van der Waals surface area contributed by atoms with Crippen molar-refractivity contribution in [2.24, 2.45) is 0 Å². The van der Waals surface area contributed by atoms with E-state index in [0.717, 1.165) is 5.56 Å². The SMILES string of the molecule is O=C(CCC(F)(F)F)CNC(=O)OCc1ccccc1. The van der Waals surface area contributed by atoms with Gasteiger partial charge in [0, 0.05) is 6.42 Å². The third kappa shape index (κ3) is 7.40. The smallest absolute Gasteiger partial charge is 0.407 e. The number of hydrogen-bond donors (Lipinski definition) is 1. The summed E-state index contributed by atoms with van der Waals surface area (Å²) in [6.07, 6.45) is -7.05. The molecule has 1 N–H and O–H groups in total. The Kier molecular flexibility index (Phi) is 6.02. The second-order valence-corrected chi connectivity index (χ2v) is 4.07. The van der Waals surface area contributed by atoms with Crippen LogP contribution in [0, 0.1) is 0 Å². The quantitative estimate of drug-likeness (QED) is 0.876. The Labute approximate surface area is 113 Å². The van der Waals surface area contributed by atoms with E-state index in [-0.39, 0.29) is 6.61 Å². The van der Waals surface area contributed by atoms with Gasteiger partial charge in [0.15, 0.2) is 5.78 Å². The Morgan fingerprint density at radius 1 is 1.15 bits per heavy atom. The highest BCUT2D eigenvalue weighted by atomic mass is 19.4. The first kappa shape index (κ1) is 16.0. The van der Waals surface area contributed by atoms with Crippen molar-refractivity contribution in [1.29, 1.82) is 0 Å². The largest absolute Gasteiger partial charge is 0.445 e. The van der Waals surface area contributed by atoms with Gasteiger partial charge in [-0.1, -0.05) is 30.3 Å². The fourth-order valence-electron chi connectivity index (χ4n) is 1.31. The van der Waals surface area contributed by atoms with Crippen molar-refractivity contribution in [2.75, 3.05) is 6.54 Å². The van der Waals surface area contributed by atoms with Crippen LogP contribution in [-0.2, 0) is 16.1 Å². The number of benzene rings is 1. The minimum Gasteiger partial charge on any atom is -0.445 e. The molecule has 110 valence electrons. The van der Waals surface area contributed by atoms with Crippen molar-refractivity contribution in [3.8, 4) is 0 Å². The van der Waals surface area contributed by atoms with Gasteiger partial charge in [-0.2, -0.15) is 13.2 Å². The summed E-state index contributed by atoms with van der Waals surface area (Å²) in [5.41, 5.74) is 0.769. The maximum atomic E-state index is 11.9. The summed E-state index contributed by atoms with van der Waals surface area (Å²) in [7, 11) is 0. The van der Waals surface area contributed by atoms with Gasteiger partial charge in [0.05, 0.1) is 13.0 Å². The summed E-state index contributed by atoms with van der Waals surface area (Å²) in [5.74, 6) is -0.695. The average molecular weight is 289 g/mol. The molecule has 0 fully saturated rings. The number of rotatable bonds is 6. The van der Waals surface area contributed by atoms with Crippen molar-refractivity contribution in [3.63, 3.8) is 0 Å². The molecule has 0 aliphatic rings. The van der Waals surface area contributed by atoms with E-state index < -0.39 is 37.4 Å². The maximum Gasteiger partial charge on any atom is 0.407 e. The molecule has 1 aromatic rings. The molecule has 0 heterocycles. The van der Waals surface area contributed by atoms with Crippen molar-refractivity contribution in [1.82, 2.24) is 5.32 Å². The summed E-state index contributed by atoms with van der Waals surface area (Å²) in [5, 5.41) is 2.11. The summed E-state index contributed by atoms with van der Waals surface area (Å²) < 4.78 is 40.4. The van der Waals surface area contributed by atoms with Crippen LogP contribution in [0.4, 0.5) is 18.0 Å². The minimum atomic E-state index is -4.37. The molecule has 0 saturated heterocycles. The highest BCUT2D eigenvalue weighted by molar-refractivity contribution is 5.83. The molecule has 1 amide bonds. The van der Waals surface area contributed by atoms with Gasteiger partial charge >= 0.3 is 12.3 Å². The molecule has 0 atom stereocenters. The number of carbonyl (C=O) groups is 2. The number of ether oxygens (including phenoxy) is 1. The average Bonchev–Trinajstić information content (AvgIpc) is 2.41. The van der Waals surface area contributed by atoms with E-state index in [9.17, 15) is 22.8 Å². The molecule has 1 aromatic carbocycles. The number of halogens is 3. The zero-order valence-corrected chi connectivity index (χ0v) is 10.6. The van der Waals surface area contributed by atoms with E-state index in [0.29, 0.717) is 0 Å². The van der Waals surface area contributed by atoms with Gasteiger partial charge in [-0.05, 0) is 5.56 Å². The minimum absolute atomic E-state index is 0.0312. The van der Waals surface area contributed by atoms with Crippen molar-refractivity contribution < 1.29 is 27.5 Å². The Hall–Kier alpha value is -2.05. The molecule has 0 radical (unpaired) electrons. The Balaban J connectivity index is 2.18.